The molecule has 8 nitrogen and oxygen atoms in total. The van der Waals surface area contributed by atoms with Gasteiger partial charge in [0.15, 0.2) is 0 Å². The molecule has 1 aliphatic heterocycles. The fourth-order valence-corrected chi connectivity index (χ4v) is 4.86. The van der Waals surface area contributed by atoms with Gasteiger partial charge in [-0.05, 0) is 60.5 Å². The highest BCUT2D eigenvalue weighted by Crippen LogP contribution is 2.30. The molecule has 0 unspecified atom stereocenters. The molecule has 4 rings (SSSR count). The van der Waals surface area contributed by atoms with Crippen molar-refractivity contribution in [1.82, 2.24) is 0 Å². The first-order chi connectivity index (χ1) is 15.8. The third-order valence-electron chi connectivity index (χ3n) is 5.37. The van der Waals surface area contributed by atoms with Gasteiger partial charge in [-0.3, -0.25) is 14.3 Å². The topological polar surface area (TPSA) is 105 Å². The summed E-state index contributed by atoms with van der Waals surface area (Å²) < 4.78 is 33.5. The average Bonchev–Trinajstić information content (AvgIpc) is 3.23. The van der Waals surface area contributed by atoms with E-state index in [-0.39, 0.29) is 16.7 Å². The molecular weight excluding hydrogens is 442 g/mol. The van der Waals surface area contributed by atoms with Gasteiger partial charge in [0.05, 0.1) is 17.7 Å². The van der Waals surface area contributed by atoms with Crippen LogP contribution >= 0.6 is 0 Å². The van der Waals surface area contributed by atoms with Gasteiger partial charge in [0.25, 0.3) is 15.9 Å². The van der Waals surface area contributed by atoms with Gasteiger partial charge in [0.2, 0.25) is 5.91 Å². The number of nitrogens with zero attached hydrogens (tertiary/aromatic N) is 1. The van der Waals surface area contributed by atoms with Crippen molar-refractivity contribution in [2.75, 3.05) is 28.6 Å². The fraction of sp³-hybridized carbons (Fsp3) is 0.167. The van der Waals surface area contributed by atoms with E-state index in [1.807, 2.05) is 0 Å². The molecule has 1 aliphatic rings. The van der Waals surface area contributed by atoms with Crippen LogP contribution < -0.4 is 19.7 Å². The summed E-state index contributed by atoms with van der Waals surface area (Å²) in [5.41, 5.74) is 2.82. The Morgan fingerprint density at radius 1 is 1.00 bits per heavy atom. The second-order valence-corrected chi connectivity index (χ2v) is 9.23. The van der Waals surface area contributed by atoms with E-state index < -0.39 is 10.0 Å². The van der Waals surface area contributed by atoms with Gasteiger partial charge in [-0.2, -0.15) is 0 Å². The maximum atomic E-state index is 12.9. The number of anilines is 3. The molecule has 0 atom stereocenters. The molecule has 3 aromatic carbocycles. The molecule has 2 N–H and O–H groups in total. The minimum atomic E-state index is -3.91. The summed E-state index contributed by atoms with van der Waals surface area (Å²) in [4.78, 5) is 26.2. The van der Waals surface area contributed by atoms with E-state index >= 15 is 0 Å². The van der Waals surface area contributed by atoms with E-state index in [1.54, 1.807) is 59.5 Å². The van der Waals surface area contributed by atoms with Gasteiger partial charge in [0, 0.05) is 30.4 Å². The van der Waals surface area contributed by atoms with Crippen molar-refractivity contribution in [3.8, 4) is 5.75 Å². The minimum Gasteiger partial charge on any atom is -0.495 e. The number of sulfonamides is 1. The highest BCUT2D eigenvalue weighted by atomic mass is 32.2. The Morgan fingerprint density at radius 2 is 1.79 bits per heavy atom. The number of para-hydroxylation sites is 2. The number of benzene rings is 3. The third kappa shape index (κ3) is 4.68. The Morgan fingerprint density at radius 3 is 2.55 bits per heavy atom. The normalized spacial score (nSPS) is 12.7. The number of amides is 2. The summed E-state index contributed by atoms with van der Waals surface area (Å²) >= 11 is 0. The molecule has 0 bridgehead atoms. The summed E-state index contributed by atoms with van der Waals surface area (Å²) in [6.07, 6.45) is 0.679. The third-order valence-corrected chi connectivity index (χ3v) is 6.73. The van der Waals surface area contributed by atoms with E-state index in [9.17, 15) is 18.0 Å². The summed E-state index contributed by atoms with van der Waals surface area (Å²) in [5.74, 6) is -0.0116. The van der Waals surface area contributed by atoms with E-state index in [4.69, 9.17) is 4.74 Å². The lowest BCUT2D eigenvalue weighted by molar-refractivity contribution is -0.116. The molecule has 0 saturated carbocycles. The van der Waals surface area contributed by atoms with E-state index in [1.165, 1.54) is 26.2 Å². The van der Waals surface area contributed by atoms with Crippen LogP contribution in [0.4, 0.5) is 17.1 Å². The highest BCUT2D eigenvalue weighted by molar-refractivity contribution is 7.92. The fourth-order valence-electron chi connectivity index (χ4n) is 3.75. The maximum absolute atomic E-state index is 12.9. The van der Waals surface area contributed by atoms with Crippen LogP contribution in [0.5, 0.6) is 5.75 Å². The molecule has 1 heterocycles. The Kier molecular flexibility index (Phi) is 6.06. The number of carbonyl (C=O) groups is 2. The van der Waals surface area contributed by atoms with Crippen molar-refractivity contribution in [3.63, 3.8) is 0 Å². The molecule has 0 saturated heterocycles. The van der Waals surface area contributed by atoms with Gasteiger partial charge in [-0.25, -0.2) is 8.42 Å². The SMILES string of the molecule is COc1ccccc1NS(=O)(=O)c1cccc(NC(=O)c2ccc3c(c2)CCN3C(C)=O)c1. The molecule has 0 fully saturated rings. The molecular formula is C24H23N3O5S. The van der Waals surface area contributed by atoms with E-state index in [0.29, 0.717) is 35.7 Å². The number of hydrogen-bond donors (Lipinski definition) is 2. The van der Waals surface area contributed by atoms with Crippen molar-refractivity contribution in [3.05, 3.63) is 77.9 Å². The van der Waals surface area contributed by atoms with E-state index in [0.717, 1.165) is 11.3 Å². The van der Waals surface area contributed by atoms with Gasteiger partial charge < -0.3 is 15.0 Å². The maximum Gasteiger partial charge on any atom is 0.262 e. The lowest BCUT2D eigenvalue weighted by atomic mass is 10.1. The predicted octanol–water partition coefficient (Wildman–Crippen LogP) is 3.66. The van der Waals surface area contributed by atoms with Gasteiger partial charge in [-0.15, -0.1) is 0 Å². The molecule has 9 heteroatoms. The Balaban J connectivity index is 1.53. The lowest BCUT2D eigenvalue weighted by Crippen LogP contribution is -2.25. The monoisotopic (exact) mass is 465 g/mol. The largest absolute Gasteiger partial charge is 0.495 e. The summed E-state index contributed by atoms with van der Waals surface area (Å²) in [5, 5.41) is 2.75. The molecule has 0 spiro atoms. The average molecular weight is 466 g/mol. The number of methoxy groups -OCH3 is 1. The predicted molar refractivity (Wildman–Crippen MR) is 126 cm³/mol. The van der Waals surface area contributed by atoms with Crippen LogP contribution in [0.15, 0.2) is 71.6 Å². The standard InChI is InChI=1S/C24H23N3O5S/c1-16(28)27-13-12-17-14-18(10-11-22(17)27)24(29)25-19-6-5-7-20(15-19)33(30,31)26-21-8-3-4-9-23(21)32-2/h3-11,14-15,26H,12-13H2,1-2H3,(H,25,29). The molecule has 0 radical (unpaired) electrons. The van der Waals surface area contributed by atoms with Crippen molar-refractivity contribution < 1.29 is 22.7 Å². The summed E-state index contributed by atoms with van der Waals surface area (Å²) in [6, 6.07) is 17.9. The van der Waals surface area contributed by atoms with E-state index in [2.05, 4.69) is 10.0 Å². The van der Waals surface area contributed by atoms with Gasteiger partial charge in [0.1, 0.15) is 5.75 Å². The highest BCUT2D eigenvalue weighted by Gasteiger charge is 2.23. The zero-order valence-electron chi connectivity index (χ0n) is 18.2. The molecule has 2 amide bonds. The summed E-state index contributed by atoms with van der Waals surface area (Å²) in [7, 11) is -2.45. The number of hydrogen-bond acceptors (Lipinski definition) is 5. The molecule has 0 aromatic heterocycles. The van der Waals surface area contributed by atoms with Crippen LogP contribution in [0, 0.1) is 0 Å². The second-order valence-electron chi connectivity index (χ2n) is 7.55. The number of fused-ring (bicyclic) bond motifs is 1. The van der Waals surface area contributed by atoms with Crippen LogP contribution in [0.2, 0.25) is 0 Å². The molecule has 33 heavy (non-hydrogen) atoms. The van der Waals surface area contributed by atoms with Crippen LogP contribution in [-0.2, 0) is 21.2 Å². The van der Waals surface area contributed by atoms with Crippen molar-refractivity contribution in [1.29, 1.82) is 0 Å². The lowest BCUT2D eigenvalue weighted by Gasteiger charge is -2.15. The zero-order valence-corrected chi connectivity index (χ0v) is 19.0. The van der Waals surface area contributed by atoms with Crippen LogP contribution in [0.1, 0.15) is 22.8 Å². The molecule has 170 valence electrons. The first kappa shape index (κ1) is 22.3. The van der Waals surface area contributed by atoms with Crippen LogP contribution in [0.25, 0.3) is 0 Å². The Hall–Kier alpha value is -3.85. The first-order valence-electron chi connectivity index (χ1n) is 10.3. The number of rotatable bonds is 6. The van der Waals surface area contributed by atoms with Crippen molar-refractivity contribution >= 4 is 38.9 Å². The Labute approximate surface area is 192 Å². The summed E-state index contributed by atoms with van der Waals surface area (Å²) in [6.45, 7) is 2.11. The quantitative estimate of drug-likeness (QED) is 0.578. The molecule has 0 aliphatic carbocycles. The smallest absolute Gasteiger partial charge is 0.262 e. The van der Waals surface area contributed by atoms with Crippen LogP contribution in [0.3, 0.4) is 0 Å². The Bertz CT molecular complexity index is 1340. The number of nitrogens with one attached hydrogen (secondary N) is 2. The van der Waals surface area contributed by atoms with Crippen LogP contribution in [-0.4, -0.2) is 33.9 Å². The number of carbonyl (C=O) groups excluding carboxylic acids is 2. The molecule has 3 aromatic rings. The number of ether oxygens (including phenoxy) is 1. The minimum absolute atomic E-state index is 0.00254. The second kappa shape index (κ2) is 8.95. The zero-order chi connectivity index (χ0) is 23.6. The first-order valence-corrected chi connectivity index (χ1v) is 11.7. The van der Waals surface area contributed by atoms with Crippen molar-refractivity contribution in [2.24, 2.45) is 0 Å². The van der Waals surface area contributed by atoms with Gasteiger partial charge in [-0.1, -0.05) is 18.2 Å². The van der Waals surface area contributed by atoms with Crippen molar-refractivity contribution in [2.45, 2.75) is 18.2 Å². The van der Waals surface area contributed by atoms with Gasteiger partial charge >= 0.3 is 0 Å².